The average Bonchev–Trinajstić information content (AvgIpc) is 2.76. The van der Waals surface area contributed by atoms with Crippen molar-refractivity contribution in [3.05, 3.63) is 30.0 Å². The number of nitrogens with zero attached hydrogens (tertiary/aromatic N) is 3. The fourth-order valence-corrected chi connectivity index (χ4v) is 3.36. The van der Waals surface area contributed by atoms with Crippen LogP contribution in [0.5, 0.6) is 0 Å². The van der Waals surface area contributed by atoms with Gasteiger partial charge in [0.15, 0.2) is 0 Å². The van der Waals surface area contributed by atoms with Crippen LogP contribution >= 0.6 is 0 Å². The Hall–Kier alpha value is -1.39. The summed E-state index contributed by atoms with van der Waals surface area (Å²) < 4.78 is 2.03. The molecule has 1 N–H and O–H groups in total. The van der Waals surface area contributed by atoms with Crippen molar-refractivity contribution in [1.29, 1.82) is 0 Å². The lowest BCUT2D eigenvalue weighted by Gasteiger charge is -2.37. The highest BCUT2D eigenvalue weighted by atomic mass is 16.3. The number of benzene rings is 1. The van der Waals surface area contributed by atoms with Crippen molar-refractivity contribution in [3.8, 4) is 0 Å². The number of hydrogen-bond donors (Lipinski definition) is 1. The van der Waals surface area contributed by atoms with Crippen LogP contribution in [0.2, 0.25) is 0 Å². The van der Waals surface area contributed by atoms with E-state index in [0.29, 0.717) is 6.42 Å². The number of para-hydroxylation sites is 1. The summed E-state index contributed by atoms with van der Waals surface area (Å²) in [4.78, 5) is 2.21. The highest BCUT2D eigenvalue weighted by Gasteiger charge is 2.33. The molecule has 4 nitrogen and oxygen atoms in total. The second-order valence-electron chi connectivity index (χ2n) is 6.02. The van der Waals surface area contributed by atoms with Crippen LogP contribution in [0.4, 0.5) is 0 Å². The average molecular weight is 273 g/mol. The third-order valence-corrected chi connectivity index (χ3v) is 4.28. The zero-order valence-corrected chi connectivity index (χ0v) is 12.3. The summed E-state index contributed by atoms with van der Waals surface area (Å²) in [6, 6.07) is 8.31. The summed E-state index contributed by atoms with van der Waals surface area (Å²) in [5.74, 6) is 0. The third kappa shape index (κ3) is 2.45. The Labute approximate surface area is 120 Å². The lowest BCUT2D eigenvalue weighted by Crippen LogP contribution is -2.47. The molecule has 0 spiro atoms. The number of hydrogen-bond acceptors (Lipinski definition) is 3. The van der Waals surface area contributed by atoms with Crippen LogP contribution in [0.1, 0.15) is 25.5 Å². The van der Waals surface area contributed by atoms with Gasteiger partial charge in [0.25, 0.3) is 0 Å². The smallest absolute Gasteiger partial charge is 0.0830 e. The van der Waals surface area contributed by atoms with E-state index in [1.165, 1.54) is 5.39 Å². The van der Waals surface area contributed by atoms with Crippen molar-refractivity contribution in [2.75, 3.05) is 20.1 Å². The van der Waals surface area contributed by atoms with Crippen molar-refractivity contribution in [2.24, 2.45) is 0 Å². The maximum Gasteiger partial charge on any atom is 0.0830 e. The molecular weight excluding hydrogens is 250 g/mol. The van der Waals surface area contributed by atoms with Gasteiger partial charge in [0.1, 0.15) is 0 Å². The van der Waals surface area contributed by atoms with E-state index >= 15 is 0 Å². The molecule has 1 unspecified atom stereocenters. The zero-order chi connectivity index (χ0) is 14.2. The van der Waals surface area contributed by atoms with Gasteiger partial charge in [-0.2, -0.15) is 5.10 Å². The number of rotatable bonds is 3. The lowest BCUT2D eigenvalue weighted by atomic mass is 9.88. The number of fused-ring (bicyclic) bond motifs is 1. The molecule has 1 fully saturated rings. The first kappa shape index (κ1) is 13.6. The summed E-state index contributed by atoms with van der Waals surface area (Å²) >= 11 is 0. The minimum atomic E-state index is -0.636. The van der Waals surface area contributed by atoms with Crippen molar-refractivity contribution >= 4 is 10.9 Å². The first-order valence-electron chi connectivity index (χ1n) is 7.47. The van der Waals surface area contributed by atoms with Gasteiger partial charge in [0.2, 0.25) is 0 Å². The van der Waals surface area contributed by atoms with Gasteiger partial charge in [-0.3, -0.25) is 4.68 Å². The Bertz CT molecular complexity index is 607. The first-order valence-corrected chi connectivity index (χ1v) is 7.47. The fraction of sp³-hybridized carbons (Fsp3) is 0.562. The molecule has 2 heterocycles. The van der Waals surface area contributed by atoms with Crippen LogP contribution in [0.15, 0.2) is 24.3 Å². The molecule has 1 atom stereocenters. The molecule has 0 aliphatic carbocycles. The highest BCUT2D eigenvalue weighted by molar-refractivity contribution is 5.82. The monoisotopic (exact) mass is 273 g/mol. The molecule has 0 bridgehead atoms. The molecule has 108 valence electrons. The van der Waals surface area contributed by atoms with Crippen molar-refractivity contribution < 1.29 is 5.11 Å². The summed E-state index contributed by atoms with van der Waals surface area (Å²) in [6.07, 6.45) is 2.56. The van der Waals surface area contributed by atoms with Crippen LogP contribution in [0.3, 0.4) is 0 Å². The largest absolute Gasteiger partial charge is 0.388 e. The van der Waals surface area contributed by atoms with Gasteiger partial charge in [-0.25, -0.2) is 0 Å². The number of β-amino-alcohol motifs (C(OH)–C–C–N with tert-alkyl or cyclic N) is 1. The van der Waals surface area contributed by atoms with E-state index in [1.807, 2.05) is 16.8 Å². The summed E-state index contributed by atoms with van der Waals surface area (Å²) in [7, 11) is 2.08. The van der Waals surface area contributed by atoms with Crippen LogP contribution in [0, 0.1) is 0 Å². The van der Waals surface area contributed by atoms with E-state index in [9.17, 15) is 5.11 Å². The van der Waals surface area contributed by atoms with Crippen LogP contribution in [-0.4, -0.2) is 45.5 Å². The standard InChI is InChI=1S/C16H23N3O/c1-3-19-15-8-5-4-7-13(15)14(17-19)11-16(20)9-6-10-18(2)12-16/h4-5,7-8,20H,3,6,9-12H2,1-2H3. The topological polar surface area (TPSA) is 41.3 Å². The Morgan fingerprint density at radius 1 is 1.35 bits per heavy atom. The normalized spacial score (nSPS) is 24.4. The molecule has 2 aromatic rings. The van der Waals surface area contributed by atoms with E-state index in [0.717, 1.165) is 43.7 Å². The molecule has 20 heavy (non-hydrogen) atoms. The van der Waals surface area contributed by atoms with Gasteiger partial charge >= 0.3 is 0 Å². The van der Waals surface area contributed by atoms with E-state index in [-0.39, 0.29) is 0 Å². The molecule has 1 saturated heterocycles. The number of piperidine rings is 1. The van der Waals surface area contributed by atoms with Crippen molar-refractivity contribution in [2.45, 2.75) is 38.3 Å². The Kier molecular flexibility index (Phi) is 3.52. The SMILES string of the molecule is CCn1nc(CC2(O)CCCN(C)C2)c2ccccc21. The Morgan fingerprint density at radius 3 is 2.90 bits per heavy atom. The van der Waals surface area contributed by atoms with E-state index < -0.39 is 5.60 Å². The van der Waals surface area contributed by atoms with E-state index in [4.69, 9.17) is 5.10 Å². The van der Waals surface area contributed by atoms with Crippen LogP contribution < -0.4 is 0 Å². The summed E-state index contributed by atoms with van der Waals surface area (Å²) in [6.45, 7) is 4.78. The molecule has 0 radical (unpaired) electrons. The maximum absolute atomic E-state index is 10.8. The van der Waals surface area contributed by atoms with Crippen LogP contribution in [0.25, 0.3) is 10.9 Å². The predicted molar refractivity (Wildman–Crippen MR) is 80.8 cm³/mol. The Morgan fingerprint density at radius 2 is 2.15 bits per heavy atom. The van der Waals surface area contributed by atoms with Gasteiger partial charge < -0.3 is 10.0 Å². The quantitative estimate of drug-likeness (QED) is 0.930. The second-order valence-corrected chi connectivity index (χ2v) is 6.02. The lowest BCUT2D eigenvalue weighted by molar-refractivity contribution is -0.0229. The van der Waals surface area contributed by atoms with Crippen LogP contribution in [-0.2, 0) is 13.0 Å². The highest BCUT2D eigenvalue weighted by Crippen LogP contribution is 2.27. The fourth-order valence-electron chi connectivity index (χ4n) is 3.36. The zero-order valence-electron chi connectivity index (χ0n) is 12.3. The molecule has 1 aromatic heterocycles. The number of likely N-dealkylation sites (N-methyl/N-ethyl adjacent to an activating group) is 1. The molecule has 1 aliphatic rings. The number of aryl methyl sites for hydroxylation is 1. The van der Waals surface area contributed by atoms with E-state index in [2.05, 4.69) is 31.0 Å². The summed E-state index contributed by atoms with van der Waals surface area (Å²) in [5.41, 5.74) is 1.56. The molecule has 1 aliphatic heterocycles. The maximum atomic E-state index is 10.8. The molecule has 0 amide bonds. The van der Waals surface area contributed by atoms with Gasteiger partial charge in [-0.05, 0) is 39.4 Å². The Balaban J connectivity index is 1.94. The third-order valence-electron chi connectivity index (χ3n) is 4.28. The molecule has 3 rings (SSSR count). The minimum absolute atomic E-state index is 0.636. The van der Waals surface area contributed by atoms with Crippen molar-refractivity contribution in [1.82, 2.24) is 14.7 Å². The van der Waals surface area contributed by atoms with Gasteiger partial charge in [-0.15, -0.1) is 0 Å². The predicted octanol–water partition coefficient (Wildman–Crippen LogP) is 2.06. The first-order chi connectivity index (χ1) is 9.61. The number of likely N-dealkylation sites (tertiary alicyclic amines) is 1. The summed E-state index contributed by atoms with van der Waals surface area (Å²) in [5, 5.41) is 16.7. The molecule has 1 aromatic carbocycles. The number of aromatic nitrogens is 2. The van der Waals surface area contributed by atoms with Gasteiger partial charge in [0.05, 0.1) is 16.8 Å². The van der Waals surface area contributed by atoms with Crippen molar-refractivity contribution in [3.63, 3.8) is 0 Å². The molecular formula is C16H23N3O. The minimum Gasteiger partial charge on any atom is -0.388 e. The number of aliphatic hydroxyl groups is 1. The van der Waals surface area contributed by atoms with Gasteiger partial charge in [-0.1, -0.05) is 18.2 Å². The molecule has 4 heteroatoms. The van der Waals surface area contributed by atoms with Gasteiger partial charge in [0, 0.05) is 24.9 Å². The van der Waals surface area contributed by atoms with E-state index in [1.54, 1.807) is 0 Å². The molecule has 0 saturated carbocycles. The second kappa shape index (κ2) is 5.19.